The number of benzene rings is 1. The number of para-hydroxylation sites is 1. The Hall–Kier alpha value is -0.920. The summed E-state index contributed by atoms with van der Waals surface area (Å²) in [5, 5.41) is 0. The molecule has 1 rings (SSSR count). The molecule has 8 heteroatoms. The number of ether oxygens (including phenoxy) is 1. The van der Waals surface area contributed by atoms with E-state index in [0.29, 0.717) is 0 Å². The van der Waals surface area contributed by atoms with Crippen molar-refractivity contribution in [3.05, 3.63) is 28.5 Å². The molecule has 0 amide bonds. The summed E-state index contributed by atoms with van der Waals surface area (Å²) in [6.07, 6.45) is -5.73. The van der Waals surface area contributed by atoms with E-state index >= 15 is 0 Å². The molecule has 0 N–H and O–H groups in total. The van der Waals surface area contributed by atoms with E-state index in [-0.39, 0.29) is 4.47 Å². The zero-order chi connectivity index (χ0) is 13.3. The summed E-state index contributed by atoms with van der Waals surface area (Å²) in [6, 6.07) is 3.38. The molecule has 1 aromatic rings. The van der Waals surface area contributed by atoms with E-state index in [1.807, 2.05) is 0 Å². The second kappa shape index (κ2) is 4.75. The Kier molecular flexibility index (Phi) is 3.95. The van der Waals surface area contributed by atoms with Crippen LogP contribution in [-0.2, 0) is 0 Å². The van der Waals surface area contributed by atoms with Crippen molar-refractivity contribution in [2.45, 2.75) is 12.1 Å². The van der Waals surface area contributed by atoms with Crippen molar-refractivity contribution in [2.24, 2.45) is 0 Å². The Labute approximate surface area is 101 Å². The van der Waals surface area contributed by atoms with Gasteiger partial charge in [0.05, 0.1) is 4.47 Å². The highest BCUT2D eigenvalue weighted by molar-refractivity contribution is 9.10. The lowest BCUT2D eigenvalue weighted by molar-refractivity contribution is -0.290. The summed E-state index contributed by atoms with van der Waals surface area (Å²) < 4.78 is 77.6. The van der Waals surface area contributed by atoms with Crippen molar-refractivity contribution in [2.75, 3.05) is 6.61 Å². The topological polar surface area (TPSA) is 9.23 Å². The molecule has 0 fully saturated rings. The van der Waals surface area contributed by atoms with Crippen LogP contribution in [0.4, 0.5) is 26.3 Å². The molecule has 96 valence electrons. The maximum atomic E-state index is 13.0. The fourth-order valence-electron chi connectivity index (χ4n) is 0.865. The molecule has 0 aliphatic rings. The van der Waals surface area contributed by atoms with Crippen LogP contribution in [0.1, 0.15) is 0 Å². The van der Waals surface area contributed by atoms with Gasteiger partial charge in [-0.15, -0.1) is 0 Å². The Bertz CT molecular complexity index is 383. The predicted molar refractivity (Wildman–Crippen MR) is 50.6 cm³/mol. The van der Waals surface area contributed by atoms with Gasteiger partial charge in [0.1, 0.15) is 0 Å². The van der Waals surface area contributed by atoms with E-state index in [1.165, 1.54) is 12.1 Å². The van der Waals surface area contributed by atoms with Crippen LogP contribution in [-0.4, -0.2) is 18.7 Å². The highest BCUT2D eigenvalue weighted by Gasteiger charge is 2.58. The molecule has 0 aliphatic heterocycles. The average Bonchev–Trinajstić information content (AvgIpc) is 2.15. The van der Waals surface area contributed by atoms with Crippen molar-refractivity contribution >= 4 is 15.9 Å². The third kappa shape index (κ3) is 3.27. The molecule has 0 saturated carbocycles. The smallest absolute Gasteiger partial charge is 0.456 e. The number of alkyl halides is 5. The molecule has 0 atom stereocenters. The molecule has 1 aromatic carbocycles. The molecule has 17 heavy (non-hydrogen) atoms. The van der Waals surface area contributed by atoms with Crippen LogP contribution >= 0.6 is 15.9 Å². The van der Waals surface area contributed by atoms with E-state index in [0.717, 1.165) is 6.07 Å². The van der Waals surface area contributed by atoms with Crippen LogP contribution in [0.15, 0.2) is 22.7 Å². The molecule has 0 aliphatic carbocycles. The second-order valence-electron chi connectivity index (χ2n) is 3.04. The van der Waals surface area contributed by atoms with Gasteiger partial charge >= 0.3 is 12.1 Å². The molecule has 1 nitrogen and oxygen atoms in total. The normalized spacial score (nSPS) is 12.6. The van der Waals surface area contributed by atoms with Crippen molar-refractivity contribution in [3.8, 4) is 5.75 Å². The van der Waals surface area contributed by atoms with Crippen LogP contribution in [0, 0.1) is 5.82 Å². The fraction of sp³-hybridized carbons (Fsp3) is 0.333. The summed E-state index contributed by atoms with van der Waals surface area (Å²) in [4.78, 5) is 0. The highest BCUT2D eigenvalue weighted by atomic mass is 79.9. The number of rotatable bonds is 3. The number of hydrogen-bond donors (Lipinski definition) is 0. The number of halogens is 7. The van der Waals surface area contributed by atoms with Crippen LogP contribution in [0.25, 0.3) is 0 Å². The first-order valence-electron chi connectivity index (χ1n) is 4.16. The van der Waals surface area contributed by atoms with Gasteiger partial charge < -0.3 is 4.74 Å². The molecular formula is C9H5BrF6O. The number of hydrogen-bond acceptors (Lipinski definition) is 1. The van der Waals surface area contributed by atoms with E-state index in [2.05, 4.69) is 20.7 Å². The summed E-state index contributed by atoms with van der Waals surface area (Å²) in [7, 11) is 0. The second-order valence-corrected chi connectivity index (χ2v) is 3.90. The van der Waals surface area contributed by atoms with Gasteiger partial charge in [-0.3, -0.25) is 0 Å². The first-order valence-corrected chi connectivity index (χ1v) is 4.96. The molecule has 0 heterocycles. The molecule has 0 bridgehead atoms. The van der Waals surface area contributed by atoms with E-state index < -0.39 is 30.3 Å². The van der Waals surface area contributed by atoms with E-state index in [1.54, 1.807) is 0 Å². The molecule has 0 radical (unpaired) electrons. The van der Waals surface area contributed by atoms with Crippen molar-refractivity contribution in [1.82, 2.24) is 0 Å². The largest absolute Gasteiger partial charge is 0.483 e. The standard InChI is InChI=1S/C9H5BrF6O/c10-5-2-1-3-6(11)7(5)17-4-8(12,13)9(14,15)16/h1-3H,4H2. The predicted octanol–water partition coefficient (Wildman–Crippen LogP) is 4.16. The summed E-state index contributed by atoms with van der Waals surface area (Å²) in [5.41, 5.74) is 0. The SMILES string of the molecule is Fc1cccc(Br)c1OCC(F)(F)C(F)(F)F. The zero-order valence-electron chi connectivity index (χ0n) is 7.99. The Morgan fingerprint density at radius 2 is 1.71 bits per heavy atom. The van der Waals surface area contributed by atoms with Gasteiger partial charge in [-0.25, -0.2) is 4.39 Å². The van der Waals surface area contributed by atoms with Crippen LogP contribution in [0.3, 0.4) is 0 Å². The lowest BCUT2D eigenvalue weighted by atomic mass is 10.3. The van der Waals surface area contributed by atoms with Crippen LogP contribution in [0.2, 0.25) is 0 Å². The summed E-state index contributed by atoms with van der Waals surface area (Å²) in [5.74, 6) is -6.75. The maximum absolute atomic E-state index is 13.0. The lowest BCUT2D eigenvalue weighted by Gasteiger charge is -2.20. The van der Waals surface area contributed by atoms with Gasteiger partial charge in [0.25, 0.3) is 0 Å². The maximum Gasteiger partial charge on any atom is 0.456 e. The first-order chi connectivity index (χ1) is 7.65. The van der Waals surface area contributed by atoms with Crippen molar-refractivity contribution < 1.29 is 31.1 Å². The monoisotopic (exact) mass is 322 g/mol. The minimum atomic E-state index is -5.73. The quantitative estimate of drug-likeness (QED) is 0.759. The zero-order valence-corrected chi connectivity index (χ0v) is 9.58. The third-order valence-electron chi connectivity index (χ3n) is 1.73. The molecular weight excluding hydrogens is 318 g/mol. The van der Waals surface area contributed by atoms with Crippen molar-refractivity contribution in [3.63, 3.8) is 0 Å². The summed E-state index contributed by atoms with van der Waals surface area (Å²) in [6.45, 7) is -1.98. The molecule has 0 saturated heterocycles. The third-order valence-corrected chi connectivity index (χ3v) is 2.36. The van der Waals surface area contributed by atoms with E-state index in [9.17, 15) is 26.3 Å². The Morgan fingerprint density at radius 1 is 1.12 bits per heavy atom. The minimum absolute atomic E-state index is 0.0459. The van der Waals surface area contributed by atoms with Gasteiger partial charge in [0, 0.05) is 0 Å². The van der Waals surface area contributed by atoms with E-state index in [4.69, 9.17) is 0 Å². The Balaban J connectivity index is 2.81. The van der Waals surface area contributed by atoms with Crippen LogP contribution in [0.5, 0.6) is 5.75 Å². The van der Waals surface area contributed by atoms with Gasteiger partial charge in [-0.2, -0.15) is 22.0 Å². The van der Waals surface area contributed by atoms with Gasteiger partial charge in [0.15, 0.2) is 18.2 Å². The average molecular weight is 323 g/mol. The highest BCUT2D eigenvalue weighted by Crippen LogP contribution is 2.37. The molecule has 0 aromatic heterocycles. The fourth-order valence-corrected chi connectivity index (χ4v) is 1.32. The van der Waals surface area contributed by atoms with Gasteiger partial charge in [-0.05, 0) is 28.1 Å². The minimum Gasteiger partial charge on any atom is -0.483 e. The Morgan fingerprint density at radius 3 is 2.18 bits per heavy atom. The van der Waals surface area contributed by atoms with Crippen LogP contribution < -0.4 is 4.74 Å². The van der Waals surface area contributed by atoms with Crippen molar-refractivity contribution in [1.29, 1.82) is 0 Å². The van der Waals surface area contributed by atoms with Gasteiger partial charge in [0.2, 0.25) is 0 Å². The summed E-state index contributed by atoms with van der Waals surface area (Å²) >= 11 is 2.77. The molecule has 0 spiro atoms. The lowest BCUT2D eigenvalue weighted by Crippen LogP contribution is -2.41. The molecule has 0 unspecified atom stereocenters. The first kappa shape index (κ1) is 14.1. The van der Waals surface area contributed by atoms with Gasteiger partial charge in [-0.1, -0.05) is 6.07 Å².